The topological polar surface area (TPSA) is 46.3 Å². The summed E-state index contributed by atoms with van der Waals surface area (Å²) in [5.41, 5.74) is 5.46. The second-order valence-electron chi connectivity index (χ2n) is 4.07. The lowest BCUT2D eigenvalue weighted by molar-refractivity contribution is -0.135. The van der Waals surface area contributed by atoms with Crippen LogP contribution in [0.3, 0.4) is 0 Å². The van der Waals surface area contributed by atoms with Crippen LogP contribution in [0.5, 0.6) is 0 Å². The molecule has 0 saturated heterocycles. The summed E-state index contributed by atoms with van der Waals surface area (Å²) >= 11 is 0. The lowest BCUT2D eigenvalue weighted by atomic mass is 10.0. The highest BCUT2D eigenvalue weighted by atomic mass is 16.2. The number of carbonyl (C=O) groups is 1. The second-order valence-corrected chi connectivity index (χ2v) is 4.07. The first-order chi connectivity index (χ1) is 6.54. The molecular formula is C11H24N2O. The SMILES string of the molecule is CCCC(C)C(=O)N(C)C(C)CCN. The van der Waals surface area contributed by atoms with Crippen molar-refractivity contribution in [3.05, 3.63) is 0 Å². The van der Waals surface area contributed by atoms with Crippen LogP contribution in [0.1, 0.15) is 40.0 Å². The Kier molecular flexibility index (Phi) is 6.54. The first kappa shape index (κ1) is 13.4. The fourth-order valence-corrected chi connectivity index (χ4v) is 1.56. The van der Waals surface area contributed by atoms with Gasteiger partial charge in [0, 0.05) is 19.0 Å². The van der Waals surface area contributed by atoms with Crippen LogP contribution < -0.4 is 5.73 Å². The van der Waals surface area contributed by atoms with E-state index in [-0.39, 0.29) is 17.9 Å². The average molecular weight is 200 g/mol. The molecule has 0 radical (unpaired) electrons. The van der Waals surface area contributed by atoms with Gasteiger partial charge in [0.2, 0.25) is 5.91 Å². The molecule has 0 spiro atoms. The standard InChI is InChI=1S/C11H24N2O/c1-5-6-9(2)11(14)13(4)10(3)7-8-12/h9-10H,5-8,12H2,1-4H3. The summed E-state index contributed by atoms with van der Waals surface area (Å²) in [6.07, 6.45) is 2.91. The molecule has 2 atom stereocenters. The Morgan fingerprint density at radius 1 is 1.36 bits per heavy atom. The van der Waals surface area contributed by atoms with E-state index in [1.54, 1.807) is 0 Å². The molecule has 0 aromatic heterocycles. The maximum atomic E-state index is 11.8. The molecule has 0 aliphatic rings. The minimum Gasteiger partial charge on any atom is -0.343 e. The van der Waals surface area contributed by atoms with Crippen molar-refractivity contribution in [3.63, 3.8) is 0 Å². The van der Waals surface area contributed by atoms with Gasteiger partial charge in [-0.25, -0.2) is 0 Å². The van der Waals surface area contributed by atoms with E-state index in [9.17, 15) is 4.79 Å². The smallest absolute Gasteiger partial charge is 0.225 e. The molecule has 0 fully saturated rings. The number of rotatable bonds is 6. The van der Waals surface area contributed by atoms with Gasteiger partial charge >= 0.3 is 0 Å². The minimum absolute atomic E-state index is 0.144. The van der Waals surface area contributed by atoms with E-state index >= 15 is 0 Å². The molecule has 2 unspecified atom stereocenters. The number of nitrogens with two attached hydrogens (primary N) is 1. The van der Waals surface area contributed by atoms with E-state index in [1.807, 2.05) is 25.8 Å². The minimum atomic E-state index is 0.144. The molecular weight excluding hydrogens is 176 g/mol. The molecule has 0 saturated carbocycles. The Morgan fingerprint density at radius 3 is 2.36 bits per heavy atom. The summed E-state index contributed by atoms with van der Waals surface area (Å²) in [5.74, 6) is 0.387. The summed E-state index contributed by atoms with van der Waals surface area (Å²) in [6.45, 7) is 6.79. The molecule has 0 aliphatic carbocycles. The van der Waals surface area contributed by atoms with Gasteiger partial charge in [-0.1, -0.05) is 20.3 Å². The van der Waals surface area contributed by atoms with Crippen LogP contribution >= 0.6 is 0 Å². The highest BCUT2D eigenvalue weighted by Crippen LogP contribution is 2.11. The van der Waals surface area contributed by atoms with Crippen LogP contribution in [-0.2, 0) is 4.79 Å². The Morgan fingerprint density at radius 2 is 1.93 bits per heavy atom. The molecule has 3 nitrogen and oxygen atoms in total. The third-order valence-electron chi connectivity index (χ3n) is 2.74. The Balaban J connectivity index is 4.09. The molecule has 0 rings (SSSR count). The van der Waals surface area contributed by atoms with Gasteiger partial charge in [0.1, 0.15) is 0 Å². The Hall–Kier alpha value is -0.570. The van der Waals surface area contributed by atoms with Crippen molar-refractivity contribution in [2.75, 3.05) is 13.6 Å². The zero-order valence-electron chi connectivity index (χ0n) is 9.92. The summed E-state index contributed by atoms with van der Waals surface area (Å²) in [4.78, 5) is 13.7. The molecule has 0 aromatic rings. The van der Waals surface area contributed by atoms with Crippen molar-refractivity contribution < 1.29 is 4.79 Å². The summed E-state index contributed by atoms with van der Waals surface area (Å²) in [7, 11) is 1.87. The molecule has 84 valence electrons. The lowest BCUT2D eigenvalue weighted by Crippen LogP contribution is -2.39. The van der Waals surface area contributed by atoms with Crippen molar-refractivity contribution in [1.82, 2.24) is 4.90 Å². The summed E-state index contributed by atoms with van der Waals surface area (Å²) in [5, 5.41) is 0. The molecule has 14 heavy (non-hydrogen) atoms. The van der Waals surface area contributed by atoms with E-state index < -0.39 is 0 Å². The van der Waals surface area contributed by atoms with Crippen molar-refractivity contribution in [2.24, 2.45) is 11.7 Å². The monoisotopic (exact) mass is 200 g/mol. The molecule has 0 heterocycles. The predicted molar refractivity (Wildman–Crippen MR) is 60.0 cm³/mol. The number of amides is 1. The van der Waals surface area contributed by atoms with Crippen LogP contribution in [0.25, 0.3) is 0 Å². The number of hydrogen-bond acceptors (Lipinski definition) is 2. The van der Waals surface area contributed by atoms with Gasteiger partial charge in [0.25, 0.3) is 0 Å². The van der Waals surface area contributed by atoms with Gasteiger partial charge in [-0.15, -0.1) is 0 Å². The van der Waals surface area contributed by atoms with E-state index in [0.717, 1.165) is 19.3 Å². The van der Waals surface area contributed by atoms with Crippen molar-refractivity contribution >= 4 is 5.91 Å². The Labute approximate surface area is 87.6 Å². The number of nitrogens with zero attached hydrogens (tertiary/aromatic N) is 1. The third-order valence-corrected chi connectivity index (χ3v) is 2.74. The van der Waals surface area contributed by atoms with Crippen LogP contribution in [0.4, 0.5) is 0 Å². The van der Waals surface area contributed by atoms with Crippen LogP contribution in [-0.4, -0.2) is 30.4 Å². The van der Waals surface area contributed by atoms with Crippen molar-refractivity contribution in [2.45, 2.75) is 46.1 Å². The molecule has 3 heteroatoms. The van der Waals surface area contributed by atoms with E-state index in [2.05, 4.69) is 6.92 Å². The lowest BCUT2D eigenvalue weighted by Gasteiger charge is -2.27. The maximum Gasteiger partial charge on any atom is 0.225 e. The fourth-order valence-electron chi connectivity index (χ4n) is 1.56. The van der Waals surface area contributed by atoms with Crippen LogP contribution in [0.2, 0.25) is 0 Å². The van der Waals surface area contributed by atoms with E-state index in [0.29, 0.717) is 6.54 Å². The average Bonchev–Trinajstić information content (AvgIpc) is 2.16. The highest BCUT2D eigenvalue weighted by Gasteiger charge is 2.19. The molecule has 0 aromatic carbocycles. The number of carbonyl (C=O) groups excluding carboxylic acids is 1. The zero-order valence-corrected chi connectivity index (χ0v) is 9.92. The van der Waals surface area contributed by atoms with Gasteiger partial charge in [-0.05, 0) is 26.3 Å². The summed E-state index contributed by atoms with van der Waals surface area (Å²) < 4.78 is 0. The normalized spacial score (nSPS) is 14.9. The highest BCUT2D eigenvalue weighted by molar-refractivity contribution is 5.78. The largest absolute Gasteiger partial charge is 0.343 e. The maximum absolute atomic E-state index is 11.8. The number of hydrogen-bond donors (Lipinski definition) is 1. The van der Waals surface area contributed by atoms with Crippen LogP contribution in [0, 0.1) is 5.92 Å². The van der Waals surface area contributed by atoms with Crippen LogP contribution in [0.15, 0.2) is 0 Å². The third kappa shape index (κ3) is 4.09. The van der Waals surface area contributed by atoms with Gasteiger partial charge < -0.3 is 10.6 Å². The quantitative estimate of drug-likeness (QED) is 0.708. The molecule has 0 bridgehead atoms. The van der Waals surface area contributed by atoms with Gasteiger partial charge in [0.15, 0.2) is 0 Å². The molecule has 0 aliphatic heterocycles. The van der Waals surface area contributed by atoms with Gasteiger partial charge in [0.05, 0.1) is 0 Å². The first-order valence-corrected chi connectivity index (χ1v) is 5.51. The molecule has 2 N–H and O–H groups in total. The predicted octanol–water partition coefficient (Wildman–Crippen LogP) is 1.62. The Bertz CT molecular complexity index is 171. The van der Waals surface area contributed by atoms with Crippen molar-refractivity contribution in [3.8, 4) is 0 Å². The summed E-state index contributed by atoms with van der Waals surface area (Å²) in [6, 6.07) is 0.256. The van der Waals surface area contributed by atoms with Gasteiger partial charge in [-0.3, -0.25) is 4.79 Å². The second kappa shape index (κ2) is 6.82. The fraction of sp³-hybridized carbons (Fsp3) is 0.909. The van der Waals surface area contributed by atoms with E-state index in [1.165, 1.54) is 0 Å². The molecule has 1 amide bonds. The van der Waals surface area contributed by atoms with E-state index in [4.69, 9.17) is 5.73 Å². The van der Waals surface area contributed by atoms with Gasteiger partial charge in [-0.2, -0.15) is 0 Å². The first-order valence-electron chi connectivity index (χ1n) is 5.51. The zero-order chi connectivity index (χ0) is 11.1. The van der Waals surface area contributed by atoms with Crippen molar-refractivity contribution in [1.29, 1.82) is 0 Å².